The molecule has 1 aromatic carbocycles. The molecule has 3 rings (SSSR count). The number of hydrogen-bond donors (Lipinski definition) is 2. The van der Waals surface area contributed by atoms with Crippen molar-refractivity contribution in [3.8, 4) is 5.75 Å². The Morgan fingerprint density at radius 2 is 2.06 bits per heavy atom. The first-order valence-corrected chi connectivity index (χ1v) is 11.2. The van der Waals surface area contributed by atoms with Crippen molar-refractivity contribution < 1.29 is 14.3 Å². The molecular formula is C22H34N6O3. The maximum absolute atomic E-state index is 11.4. The van der Waals surface area contributed by atoms with Crippen LogP contribution in [0.1, 0.15) is 56.3 Å². The number of nitrogens with zero attached hydrogens (tertiary/aromatic N) is 4. The molecule has 31 heavy (non-hydrogen) atoms. The van der Waals surface area contributed by atoms with Crippen molar-refractivity contribution in [1.29, 1.82) is 0 Å². The number of hydrogen-bond acceptors (Lipinski definition) is 6. The zero-order valence-electron chi connectivity index (χ0n) is 18.5. The molecule has 0 saturated heterocycles. The van der Waals surface area contributed by atoms with Gasteiger partial charge in [0, 0.05) is 31.7 Å². The summed E-state index contributed by atoms with van der Waals surface area (Å²) in [6.45, 7) is 4.88. The molecule has 2 amide bonds. The highest BCUT2D eigenvalue weighted by molar-refractivity contribution is 5.73. The number of urea groups is 1. The minimum atomic E-state index is -0.229. The molecule has 0 aliphatic heterocycles. The molecule has 1 heterocycles. The van der Waals surface area contributed by atoms with Crippen molar-refractivity contribution >= 4 is 6.03 Å². The smallest absolute Gasteiger partial charge is 0.314 e. The van der Waals surface area contributed by atoms with Gasteiger partial charge in [-0.25, -0.2) is 9.48 Å². The molecule has 1 atom stereocenters. The zero-order chi connectivity index (χ0) is 21.9. The number of ether oxygens (including phenoxy) is 2. The van der Waals surface area contributed by atoms with Crippen LogP contribution in [0.15, 0.2) is 24.3 Å². The Bertz CT molecular complexity index is 806. The number of rotatable bonds is 11. The zero-order valence-corrected chi connectivity index (χ0v) is 18.5. The van der Waals surface area contributed by atoms with Gasteiger partial charge >= 0.3 is 6.03 Å². The Labute approximate surface area is 183 Å². The lowest BCUT2D eigenvalue weighted by Crippen LogP contribution is -2.32. The summed E-state index contributed by atoms with van der Waals surface area (Å²) < 4.78 is 13.7. The van der Waals surface area contributed by atoms with Crippen LogP contribution < -0.4 is 15.4 Å². The molecule has 1 fully saturated rings. The summed E-state index contributed by atoms with van der Waals surface area (Å²) in [6, 6.07) is 7.42. The molecule has 0 bridgehead atoms. The number of carbonyl (C=O) groups excluding carboxylic acids is 1. The molecule has 2 aromatic rings. The van der Waals surface area contributed by atoms with Crippen LogP contribution in [0.25, 0.3) is 0 Å². The number of carbonyl (C=O) groups is 1. The summed E-state index contributed by atoms with van der Waals surface area (Å²) in [5, 5.41) is 17.5. The first-order chi connectivity index (χ1) is 15.2. The quantitative estimate of drug-likeness (QED) is 0.568. The highest BCUT2D eigenvalue weighted by Crippen LogP contribution is 2.24. The topological polar surface area (TPSA) is 103 Å². The van der Waals surface area contributed by atoms with Crippen molar-refractivity contribution in [3.63, 3.8) is 0 Å². The van der Waals surface area contributed by atoms with Crippen molar-refractivity contribution in [3.05, 3.63) is 35.7 Å². The molecule has 0 spiro atoms. The van der Waals surface area contributed by atoms with E-state index in [1.165, 1.54) is 32.1 Å². The van der Waals surface area contributed by atoms with Gasteiger partial charge in [0.2, 0.25) is 0 Å². The van der Waals surface area contributed by atoms with E-state index in [1.807, 2.05) is 24.3 Å². The second-order valence-corrected chi connectivity index (χ2v) is 8.09. The standard InChI is InChI=1S/C22H34N6O3/c1-17(15-30-16-18-8-4-3-5-9-18)21-25-26-27-28(21)12-13-31-20-11-7-6-10-19(20)14-24-22(29)23-2/h6-7,10-11,17-18H,3-5,8-9,12-16H2,1-2H3,(H2,23,24,29). The molecule has 1 aliphatic carbocycles. The Balaban J connectivity index is 1.45. The molecule has 1 saturated carbocycles. The Hall–Kier alpha value is -2.68. The lowest BCUT2D eigenvalue weighted by atomic mass is 9.90. The summed E-state index contributed by atoms with van der Waals surface area (Å²) in [5.74, 6) is 2.35. The van der Waals surface area contributed by atoms with Gasteiger partial charge in [0.15, 0.2) is 5.82 Å². The fourth-order valence-corrected chi connectivity index (χ4v) is 3.86. The summed E-state index contributed by atoms with van der Waals surface area (Å²) in [5.41, 5.74) is 0.910. The van der Waals surface area contributed by atoms with Gasteiger partial charge in [-0.3, -0.25) is 0 Å². The van der Waals surface area contributed by atoms with Crippen LogP contribution in [-0.2, 0) is 17.8 Å². The van der Waals surface area contributed by atoms with E-state index in [0.717, 1.165) is 23.7 Å². The van der Waals surface area contributed by atoms with Gasteiger partial charge in [-0.1, -0.05) is 44.4 Å². The molecule has 1 aromatic heterocycles. The number of tetrazole rings is 1. The lowest BCUT2D eigenvalue weighted by molar-refractivity contribution is 0.0755. The molecule has 9 heteroatoms. The van der Waals surface area contributed by atoms with Crippen molar-refractivity contribution in [1.82, 2.24) is 30.8 Å². The normalized spacial score (nSPS) is 15.4. The highest BCUT2D eigenvalue weighted by Gasteiger charge is 2.18. The molecule has 1 aliphatic rings. The molecule has 1 unspecified atom stereocenters. The van der Waals surface area contributed by atoms with Crippen LogP contribution in [0, 0.1) is 5.92 Å². The van der Waals surface area contributed by atoms with Crippen molar-refractivity contribution in [2.75, 3.05) is 26.9 Å². The number of amides is 2. The van der Waals surface area contributed by atoms with Crippen LogP contribution in [0.3, 0.4) is 0 Å². The maximum atomic E-state index is 11.4. The number of benzene rings is 1. The molecule has 0 radical (unpaired) electrons. The Morgan fingerprint density at radius 1 is 1.26 bits per heavy atom. The number of para-hydroxylation sites is 1. The van der Waals surface area contributed by atoms with Crippen molar-refractivity contribution in [2.45, 2.75) is 58.0 Å². The third-order valence-electron chi connectivity index (χ3n) is 5.65. The second kappa shape index (κ2) is 12.2. The largest absolute Gasteiger partial charge is 0.491 e. The van der Waals surface area contributed by atoms with E-state index in [4.69, 9.17) is 9.47 Å². The first-order valence-electron chi connectivity index (χ1n) is 11.2. The highest BCUT2D eigenvalue weighted by atomic mass is 16.5. The van der Waals surface area contributed by atoms with E-state index in [2.05, 4.69) is 33.1 Å². The number of aromatic nitrogens is 4. The predicted octanol–water partition coefficient (Wildman–Crippen LogP) is 2.88. The molecular weight excluding hydrogens is 396 g/mol. The van der Waals surface area contributed by atoms with Gasteiger partial charge in [-0.05, 0) is 35.3 Å². The average molecular weight is 431 g/mol. The predicted molar refractivity (Wildman–Crippen MR) is 117 cm³/mol. The minimum Gasteiger partial charge on any atom is -0.491 e. The SMILES string of the molecule is CNC(=O)NCc1ccccc1OCCn1nnnc1C(C)COCC1CCCCC1. The van der Waals surface area contributed by atoms with Gasteiger partial charge in [-0.2, -0.15) is 0 Å². The van der Waals surface area contributed by atoms with Crippen LogP contribution >= 0.6 is 0 Å². The van der Waals surface area contributed by atoms with Crippen LogP contribution in [0.5, 0.6) is 5.75 Å². The van der Waals surface area contributed by atoms with E-state index in [-0.39, 0.29) is 11.9 Å². The fourth-order valence-electron chi connectivity index (χ4n) is 3.86. The van der Waals surface area contributed by atoms with E-state index in [1.54, 1.807) is 11.7 Å². The van der Waals surface area contributed by atoms with Gasteiger partial charge in [0.25, 0.3) is 0 Å². The average Bonchev–Trinajstić information content (AvgIpc) is 3.27. The molecule has 2 N–H and O–H groups in total. The second-order valence-electron chi connectivity index (χ2n) is 8.09. The maximum Gasteiger partial charge on any atom is 0.314 e. The van der Waals surface area contributed by atoms with Gasteiger partial charge in [0.05, 0.1) is 13.2 Å². The van der Waals surface area contributed by atoms with Crippen LogP contribution in [0.2, 0.25) is 0 Å². The first kappa shape index (κ1) is 23.0. The molecule has 170 valence electrons. The van der Waals surface area contributed by atoms with Gasteiger partial charge in [-0.15, -0.1) is 5.10 Å². The van der Waals surface area contributed by atoms with Crippen LogP contribution in [0.4, 0.5) is 4.79 Å². The monoisotopic (exact) mass is 430 g/mol. The lowest BCUT2D eigenvalue weighted by Gasteiger charge is -2.22. The summed E-state index contributed by atoms with van der Waals surface area (Å²) in [4.78, 5) is 11.4. The summed E-state index contributed by atoms with van der Waals surface area (Å²) >= 11 is 0. The van der Waals surface area contributed by atoms with E-state index < -0.39 is 0 Å². The number of nitrogens with one attached hydrogen (secondary N) is 2. The Kier molecular flexibility index (Phi) is 9.08. The van der Waals surface area contributed by atoms with Gasteiger partial charge < -0.3 is 20.1 Å². The third-order valence-corrected chi connectivity index (χ3v) is 5.65. The Morgan fingerprint density at radius 3 is 2.87 bits per heavy atom. The summed E-state index contributed by atoms with van der Waals surface area (Å²) in [7, 11) is 1.59. The minimum absolute atomic E-state index is 0.114. The third kappa shape index (κ3) is 7.20. The van der Waals surface area contributed by atoms with E-state index >= 15 is 0 Å². The van der Waals surface area contributed by atoms with Gasteiger partial charge in [0.1, 0.15) is 12.4 Å². The van der Waals surface area contributed by atoms with E-state index in [9.17, 15) is 4.79 Å². The summed E-state index contributed by atoms with van der Waals surface area (Å²) in [6.07, 6.45) is 6.57. The van der Waals surface area contributed by atoms with Crippen molar-refractivity contribution in [2.24, 2.45) is 5.92 Å². The fraction of sp³-hybridized carbons (Fsp3) is 0.636. The molecule has 9 nitrogen and oxygen atoms in total. The van der Waals surface area contributed by atoms with E-state index in [0.29, 0.717) is 32.2 Å². The van der Waals surface area contributed by atoms with Crippen LogP contribution in [-0.4, -0.2) is 53.1 Å².